The molecule has 10 heteroatoms. The van der Waals surface area contributed by atoms with Crippen molar-refractivity contribution < 1.29 is 17.9 Å². The lowest BCUT2D eigenvalue weighted by Crippen LogP contribution is -2.11. The lowest BCUT2D eigenvalue weighted by Gasteiger charge is -2.14. The highest BCUT2D eigenvalue weighted by Gasteiger charge is 2.12. The van der Waals surface area contributed by atoms with Crippen molar-refractivity contribution in [3.05, 3.63) is 81.3 Å². The molecule has 0 aliphatic carbocycles. The van der Waals surface area contributed by atoms with E-state index >= 15 is 0 Å². The van der Waals surface area contributed by atoms with Gasteiger partial charge in [0, 0.05) is 10.6 Å². The van der Waals surface area contributed by atoms with Gasteiger partial charge in [0.15, 0.2) is 11.5 Å². The number of rotatable bonds is 8. The number of nitrogens with two attached hydrogens (primary N) is 1. The number of hydrogen-bond acceptors (Lipinski definition) is 6. The largest absolute Gasteiger partial charge is 0.493 e. The highest BCUT2D eigenvalue weighted by Crippen LogP contribution is 2.37. The van der Waals surface area contributed by atoms with E-state index in [1.54, 1.807) is 31.5 Å². The normalized spacial score (nSPS) is 11.5. The number of methoxy groups -OCH3 is 1. The second-order valence-corrected chi connectivity index (χ2v) is 9.18. The second-order valence-electron chi connectivity index (χ2n) is 6.35. The van der Waals surface area contributed by atoms with Gasteiger partial charge in [-0.05, 0) is 64.0 Å². The predicted octanol–water partition coefficient (Wildman–Crippen LogP) is 4.78. The summed E-state index contributed by atoms with van der Waals surface area (Å²) in [6.45, 7) is 0.290. The molecule has 3 rings (SSSR count). The molecule has 3 N–H and O–H groups in total. The van der Waals surface area contributed by atoms with E-state index < -0.39 is 10.0 Å². The molecule has 0 aliphatic rings. The van der Waals surface area contributed by atoms with E-state index in [9.17, 15) is 8.42 Å². The van der Waals surface area contributed by atoms with E-state index in [2.05, 4.69) is 26.5 Å². The summed E-state index contributed by atoms with van der Waals surface area (Å²) < 4.78 is 34.7. The van der Waals surface area contributed by atoms with Crippen LogP contribution in [0.2, 0.25) is 5.02 Å². The van der Waals surface area contributed by atoms with Crippen LogP contribution in [0.4, 0.5) is 5.69 Å². The highest BCUT2D eigenvalue weighted by atomic mass is 79.9. The number of benzene rings is 3. The zero-order chi connectivity index (χ0) is 22.4. The van der Waals surface area contributed by atoms with Crippen molar-refractivity contribution in [1.29, 1.82) is 0 Å². The first-order valence-corrected chi connectivity index (χ1v) is 11.7. The Labute approximate surface area is 194 Å². The molecule has 0 spiro atoms. The summed E-state index contributed by atoms with van der Waals surface area (Å²) in [6.07, 6.45) is 1.60. The van der Waals surface area contributed by atoms with Gasteiger partial charge in [-0.3, -0.25) is 5.43 Å². The van der Waals surface area contributed by atoms with Crippen LogP contribution in [0.5, 0.6) is 11.5 Å². The van der Waals surface area contributed by atoms with Crippen molar-refractivity contribution in [3.63, 3.8) is 0 Å². The number of anilines is 1. The average Bonchev–Trinajstić information content (AvgIpc) is 2.73. The summed E-state index contributed by atoms with van der Waals surface area (Å²) in [4.78, 5) is 0.0306. The third-order valence-electron chi connectivity index (χ3n) is 4.17. The number of hydrazone groups is 1. The Hall–Kier alpha value is -2.59. The minimum Gasteiger partial charge on any atom is -0.493 e. The topological polar surface area (TPSA) is 103 Å². The molecule has 0 amide bonds. The molecule has 31 heavy (non-hydrogen) atoms. The summed E-state index contributed by atoms with van der Waals surface area (Å²) >= 11 is 9.69. The predicted molar refractivity (Wildman–Crippen MR) is 126 cm³/mol. The minimum absolute atomic E-state index is 0.0306. The molecular formula is C21H19BrClN3O4S. The Bertz CT molecular complexity index is 1200. The van der Waals surface area contributed by atoms with Crippen molar-refractivity contribution in [2.75, 3.05) is 12.5 Å². The van der Waals surface area contributed by atoms with Crippen molar-refractivity contribution in [2.24, 2.45) is 10.2 Å². The Morgan fingerprint density at radius 3 is 2.52 bits per heavy atom. The zero-order valence-corrected chi connectivity index (χ0v) is 19.5. The van der Waals surface area contributed by atoms with Crippen molar-refractivity contribution >= 4 is 49.5 Å². The SMILES string of the molecule is COc1cc(C=NNc2ccc(S(N)(=O)=O)cc2)cc(Br)c1OCc1ccccc1Cl. The average molecular weight is 525 g/mol. The van der Waals surface area contributed by atoms with E-state index in [4.69, 9.17) is 26.2 Å². The van der Waals surface area contributed by atoms with Crippen LogP contribution in [0.3, 0.4) is 0 Å². The number of primary sulfonamides is 1. The third-order valence-corrected chi connectivity index (χ3v) is 6.06. The first-order valence-electron chi connectivity index (χ1n) is 8.93. The van der Waals surface area contributed by atoms with Crippen LogP contribution in [0.25, 0.3) is 0 Å². The van der Waals surface area contributed by atoms with Gasteiger partial charge in [0.05, 0.1) is 28.4 Å². The maximum atomic E-state index is 11.3. The highest BCUT2D eigenvalue weighted by molar-refractivity contribution is 9.10. The monoisotopic (exact) mass is 523 g/mol. The van der Waals surface area contributed by atoms with Crippen LogP contribution in [0.1, 0.15) is 11.1 Å². The van der Waals surface area contributed by atoms with E-state index in [0.717, 1.165) is 11.1 Å². The van der Waals surface area contributed by atoms with Crippen LogP contribution in [-0.4, -0.2) is 21.7 Å². The minimum atomic E-state index is -3.73. The van der Waals surface area contributed by atoms with Crippen LogP contribution in [0.15, 0.2) is 75.1 Å². The van der Waals surface area contributed by atoms with E-state index in [-0.39, 0.29) is 11.5 Å². The summed E-state index contributed by atoms with van der Waals surface area (Å²) in [5, 5.41) is 9.88. The molecule has 0 atom stereocenters. The van der Waals surface area contributed by atoms with Crippen LogP contribution >= 0.6 is 27.5 Å². The van der Waals surface area contributed by atoms with Gasteiger partial charge in [0.1, 0.15) is 6.61 Å². The summed E-state index contributed by atoms with van der Waals surface area (Å²) in [5.41, 5.74) is 5.05. The van der Waals surface area contributed by atoms with Crippen LogP contribution in [0, 0.1) is 0 Å². The van der Waals surface area contributed by atoms with Gasteiger partial charge in [-0.25, -0.2) is 13.6 Å². The fourth-order valence-electron chi connectivity index (χ4n) is 2.62. The smallest absolute Gasteiger partial charge is 0.238 e. The Morgan fingerprint density at radius 1 is 1.16 bits per heavy atom. The molecular weight excluding hydrogens is 506 g/mol. The molecule has 0 saturated heterocycles. The van der Waals surface area contributed by atoms with Crippen molar-refractivity contribution in [3.8, 4) is 11.5 Å². The number of hydrogen-bond donors (Lipinski definition) is 2. The second kappa shape index (κ2) is 10.1. The molecule has 0 saturated carbocycles. The molecule has 162 valence electrons. The summed E-state index contributed by atoms with van der Waals surface area (Å²) in [7, 11) is -2.18. The fourth-order valence-corrected chi connectivity index (χ4v) is 3.90. The Balaban J connectivity index is 1.71. The molecule has 0 radical (unpaired) electrons. The molecule has 0 aliphatic heterocycles. The van der Waals surface area contributed by atoms with Gasteiger partial charge in [0.2, 0.25) is 10.0 Å². The number of nitrogens with zero attached hydrogens (tertiary/aromatic N) is 1. The standard InChI is InChI=1S/C21H19BrClN3O4S/c1-29-20-11-14(12-25-26-16-6-8-17(9-7-16)31(24,27)28)10-18(22)21(20)30-13-15-4-2-3-5-19(15)23/h2-12,26H,13H2,1H3,(H2,24,27,28). The van der Waals surface area contributed by atoms with Gasteiger partial charge in [-0.2, -0.15) is 5.10 Å². The number of nitrogens with one attached hydrogen (secondary N) is 1. The first kappa shape index (κ1) is 23.1. The third kappa shape index (κ3) is 6.20. The summed E-state index contributed by atoms with van der Waals surface area (Å²) in [5.74, 6) is 1.08. The van der Waals surface area contributed by atoms with E-state index in [1.807, 2.05) is 30.3 Å². The van der Waals surface area contributed by atoms with E-state index in [1.165, 1.54) is 12.1 Å². The Morgan fingerprint density at radius 2 is 1.87 bits per heavy atom. The van der Waals surface area contributed by atoms with Gasteiger partial charge in [0.25, 0.3) is 0 Å². The van der Waals surface area contributed by atoms with Crippen molar-refractivity contribution in [2.45, 2.75) is 11.5 Å². The zero-order valence-electron chi connectivity index (χ0n) is 16.4. The maximum Gasteiger partial charge on any atom is 0.238 e. The summed E-state index contributed by atoms with van der Waals surface area (Å²) in [6, 6.07) is 17.0. The maximum absolute atomic E-state index is 11.3. The van der Waals surface area contributed by atoms with Gasteiger partial charge >= 0.3 is 0 Å². The molecule has 3 aromatic carbocycles. The molecule has 0 unspecified atom stereocenters. The van der Waals surface area contributed by atoms with Crippen molar-refractivity contribution in [1.82, 2.24) is 0 Å². The molecule has 3 aromatic rings. The number of sulfonamides is 1. The number of halogens is 2. The lowest BCUT2D eigenvalue weighted by atomic mass is 10.2. The quantitative estimate of drug-likeness (QED) is 0.326. The molecule has 0 heterocycles. The van der Waals surface area contributed by atoms with Crippen LogP contribution in [-0.2, 0) is 16.6 Å². The van der Waals surface area contributed by atoms with Gasteiger partial charge in [-0.15, -0.1) is 0 Å². The van der Waals surface area contributed by atoms with Gasteiger partial charge in [-0.1, -0.05) is 29.8 Å². The molecule has 0 aromatic heterocycles. The first-order chi connectivity index (χ1) is 14.8. The molecule has 7 nitrogen and oxygen atoms in total. The molecule has 0 fully saturated rings. The van der Waals surface area contributed by atoms with Gasteiger partial charge < -0.3 is 9.47 Å². The van der Waals surface area contributed by atoms with E-state index in [0.29, 0.717) is 26.7 Å². The Kier molecular flexibility index (Phi) is 7.55. The number of ether oxygens (including phenoxy) is 2. The van der Waals surface area contributed by atoms with Crippen LogP contribution < -0.4 is 20.0 Å². The lowest BCUT2D eigenvalue weighted by molar-refractivity contribution is 0.282. The molecule has 0 bridgehead atoms. The fraction of sp³-hybridized carbons (Fsp3) is 0.0952.